The summed E-state index contributed by atoms with van der Waals surface area (Å²) >= 11 is 0. The highest BCUT2D eigenvalue weighted by atomic mass is 16.5. The zero-order chi connectivity index (χ0) is 17.4. The van der Waals surface area contributed by atoms with E-state index >= 15 is 0 Å². The molecule has 0 saturated carbocycles. The van der Waals surface area contributed by atoms with Gasteiger partial charge in [-0.2, -0.15) is 0 Å². The number of pyridine rings is 1. The molecule has 0 amide bonds. The molecular formula is C18H16N4O3. The van der Waals surface area contributed by atoms with Gasteiger partial charge in [0.05, 0.1) is 38.3 Å². The molecule has 126 valence electrons. The van der Waals surface area contributed by atoms with Crippen molar-refractivity contribution in [2.45, 2.75) is 6.54 Å². The third kappa shape index (κ3) is 2.50. The van der Waals surface area contributed by atoms with Crippen LogP contribution in [0.1, 0.15) is 5.69 Å². The lowest BCUT2D eigenvalue weighted by Gasteiger charge is -2.07. The van der Waals surface area contributed by atoms with Gasteiger partial charge >= 0.3 is 0 Å². The summed E-state index contributed by atoms with van der Waals surface area (Å²) in [6, 6.07) is 9.23. The number of ether oxygens (including phenoxy) is 2. The molecule has 0 bridgehead atoms. The molecule has 0 saturated heterocycles. The lowest BCUT2D eigenvalue weighted by molar-refractivity contribution is 0.356. The SMILES string of the molecule is COc1cc2[nH]c3c(=O)n(Cc4ccccn4)cnc3c2cc1OC. The van der Waals surface area contributed by atoms with Crippen LogP contribution < -0.4 is 15.0 Å². The number of aromatic nitrogens is 4. The summed E-state index contributed by atoms with van der Waals surface area (Å²) in [5.74, 6) is 1.19. The maximum absolute atomic E-state index is 12.8. The van der Waals surface area contributed by atoms with Crippen molar-refractivity contribution >= 4 is 21.9 Å². The third-order valence-electron chi connectivity index (χ3n) is 4.13. The summed E-state index contributed by atoms with van der Waals surface area (Å²) in [5.41, 5.74) is 2.48. The van der Waals surface area contributed by atoms with Crippen molar-refractivity contribution in [2.75, 3.05) is 14.2 Å². The average molecular weight is 336 g/mol. The Morgan fingerprint density at radius 2 is 1.92 bits per heavy atom. The van der Waals surface area contributed by atoms with Crippen LogP contribution in [-0.4, -0.2) is 33.7 Å². The highest BCUT2D eigenvalue weighted by Gasteiger charge is 2.15. The van der Waals surface area contributed by atoms with Crippen molar-refractivity contribution < 1.29 is 9.47 Å². The Labute approximate surface area is 142 Å². The highest BCUT2D eigenvalue weighted by molar-refractivity contribution is 6.05. The van der Waals surface area contributed by atoms with Crippen molar-refractivity contribution in [1.82, 2.24) is 19.5 Å². The topological polar surface area (TPSA) is 82.0 Å². The molecule has 4 aromatic rings. The number of H-pyrrole nitrogens is 1. The van der Waals surface area contributed by atoms with Crippen molar-refractivity contribution in [1.29, 1.82) is 0 Å². The Morgan fingerprint density at radius 3 is 2.64 bits per heavy atom. The largest absolute Gasteiger partial charge is 0.493 e. The second kappa shape index (κ2) is 5.94. The first-order chi connectivity index (χ1) is 12.2. The summed E-state index contributed by atoms with van der Waals surface area (Å²) in [5, 5.41) is 0.815. The molecule has 25 heavy (non-hydrogen) atoms. The van der Waals surface area contributed by atoms with Crippen molar-refractivity contribution in [3.05, 3.63) is 58.9 Å². The van der Waals surface area contributed by atoms with Crippen LogP contribution in [0.15, 0.2) is 47.7 Å². The molecule has 0 fully saturated rings. The summed E-state index contributed by atoms with van der Waals surface area (Å²) in [6.07, 6.45) is 3.25. The van der Waals surface area contributed by atoms with Crippen LogP contribution in [0.5, 0.6) is 11.5 Å². The minimum atomic E-state index is -0.148. The van der Waals surface area contributed by atoms with Crippen LogP contribution in [0, 0.1) is 0 Å². The van der Waals surface area contributed by atoms with Gasteiger partial charge in [-0.25, -0.2) is 4.98 Å². The van der Waals surface area contributed by atoms with Gasteiger partial charge in [0, 0.05) is 17.6 Å². The van der Waals surface area contributed by atoms with Crippen LogP contribution in [0.3, 0.4) is 0 Å². The molecule has 0 aliphatic heterocycles. The van der Waals surface area contributed by atoms with E-state index in [1.165, 1.54) is 4.57 Å². The van der Waals surface area contributed by atoms with E-state index in [1.54, 1.807) is 32.8 Å². The fourth-order valence-corrected chi connectivity index (χ4v) is 2.90. The number of methoxy groups -OCH3 is 2. The molecule has 7 nitrogen and oxygen atoms in total. The number of hydrogen-bond acceptors (Lipinski definition) is 5. The molecule has 7 heteroatoms. The van der Waals surface area contributed by atoms with Crippen LogP contribution in [0.2, 0.25) is 0 Å². The minimum absolute atomic E-state index is 0.148. The third-order valence-corrected chi connectivity index (χ3v) is 4.13. The Kier molecular flexibility index (Phi) is 3.61. The molecule has 4 rings (SSSR count). The Hall–Kier alpha value is -3.35. The van der Waals surface area contributed by atoms with E-state index in [0.717, 1.165) is 16.6 Å². The second-order valence-corrected chi connectivity index (χ2v) is 5.60. The van der Waals surface area contributed by atoms with Gasteiger partial charge < -0.3 is 14.5 Å². The van der Waals surface area contributed by atoms with E-state index in [4.69, 9.17) is 9.47 Å². The van der Waals surface area contributed by atoms with Gasteiger partial charge in [-0.05, 0) is 18.2 Å². The fraction of sp³-hybridized carbons (Fsp3) is 0.167. The first-order valence-electron chi connectivity index (χ1n) is 7.74. The van der Waals surface area contributed by atoms with Gasteiger partial charge in [0.2, 0.25) is 0 Å². The molecule has 0 aliphatic carbocycles. The number of benzene rings is 1. The van der Waals surface area contributed by atoms with Gasteiger partial charge in [0.15, 0.2) is 11.5 Å². The van der Waals surface area contributed by atoms with Crippen LogP contribution in [0.25, 0.3) is 21.9 Å². The quantitative estimate of drug-likeness (QED) is 0.618. The summed E-state index contributed by atoms with van der Waals surface area (Å²) in [7, 11) is 3.15. The van der Waals surface area contributed by atoms with Gasteiger partial charge in [-0.1, -0.05) is 6.07 Å². The molecule has 3 aromatic heterocycles. The lowest BCUT2D eigenvalue weighted by Crippen LogP contribution is -2.21. The molecule has 1 aromatic carbocycles. The Morgan fingerprint density at radius 1 is 1.12 bits per heavy atom. The van der Waals surface area contributed by atoms with E-state index < -0.39 is 0 Å². The van der Waals surface area contributed by atoms with Crippen LogP contribution >= 0.6 is 0 Å². The molecular weight excluding hydrogens is 320 g/mol. The first kappa shape index (κ1) is 15.2. The van der Waals surface area contributed by atoms with Crippen molar-refractivity contribution in [3.8, 4) is 11.5 Å². The fourth-order valence-electron chi connectivity index (χ4n) is 2.90. The maximum atomic E-state index is 12.8. The van der Waals surface area contributed by atoms with Crippen LogP contribution in [0.4, 0.5) is 0 Å². The highest BCUT2D eigenvalue weighted by Crippen LogP contribution is 2.34. The molecule has 0 unspecified atom stereocenters. The Bertz CT molecular complexity index is 1120. The number of rotatable bonds is 4. The molecule has 0 radical (unpaired) electrons. The van der Waals surface area contributed by atoms with Gasteiger partial charge in [0.25, 0.3) is 5.56 Å². The zero-order valence-corrected chi connectivity index (χ0v) is 13.8. The molecule has 0 aliphatic rings. The van der Waals surface area contributed by atoms with E-state index in [1.807, 2.05) is 24.3 Å². The summed E-state index contributed by atoms with van der Waals surface area (Å²) < 4.78 is 12.2. The van der Waals surface area contributed by atoms with Gasteiger partial charge in [0.1, 0.15) is 11.0 Å². The van der Waals surface area contributed by atoms with Crippen molar-refractivity contribution in [2.24, 2.45) is 0 Å². The normalized spacial score (nSPS) is 11.1. The molecule has 3 heterocycles. The second-order valence-electron chi connectivity index (χ2n) is 5.60. The van der Waals surface area contributed by atoms with Crippen molar-refractivity contribution in [3.63, 3.8) is 0 Å². The summed E-state index contributed by atoms with van der Waals surface area (Å²) in [4.78, 5) is 24.7. The van der Waals surface area contributed by atoms with Crippen LogP contribution in [-0.2, 0) is 6.54 Å². The number of hydrogen-bond donors (Lipinski definition) is 1. The van der Waals surface area contributed by atoms with E-state index in [0.29, 0.717) is 29.1 Å². The average Bonchev–Trinajstić information content (AvgIpc) is 3.02. The smallest absolute Gasteiger partial charge is 0.278 e. The van der Waals surface area contributed by atoms with E-state index in [9.17, 15) is 4.79 Å². The number of nitrogens with one attached hydrogen (secondary N) is 1. The molecule has 0 spiro atoms. The minimum Gasteiger partial charge on any atom is -0.493 e. The molecule has 0 atom stereocenters. The lowest BCUT2D eigenvalue weighted by atomic mass is 10.2. The predicted octanol–water partition coefficient (Wildman–Crippen LogP) is 2.34. The predicted molar refractivity (Wildman–Crippen MR) is 94.3 cm³/mol. The zero-order valence-electron chi connectivity index (χ0n) is 13.8. The Balaban J connectivity index is 1.89. The number of fused-ring (bicyclic) bond motifs is 3. The van der Waals surface area contributed by atoms with E-state index in [-0.39, 0.29) is 5.56 Å². The monoisotopic (exact) mass is 336 g/mol. The summed E-state index contributed by atoms with van der Waals surface area (Å²) in [6.45, 7) is 0.366. The molecule has 1 N–H and O–H groups in total. The maximum Gasteiger partial charge on any atom is 0.278 e. The standard InChI is InChI=1S/C18H16N4O3/c1-24-14-7-12-13(8-15(14)25-2)21-17-16(12)20-10-22(18(17)23)9-11-5-3-4-6-19-11/h3-8,10,21H,9H2,1-2H3. The van der Waals surface area contributed by atoms with Gasteiger partial charge in [-0.3, -0.25) is 14.3 Å². The number of aromatic amines is 1. The van der Waals surface area contributed by atoms with Gasteiger partial charge in [-0.15, -0.1) is 0 Å². The first-order valence-corrected chi connectivity index (χ1v) is 7.74. The number of nitrogens with zero attached hydrogens (tertiary/aromatic N) is 3. The van der Waals surface area contributed by atoms with E-state index in [2.05, 4.69) is 15.0 Å².